The molecule has 0 saturated heterocycles. The second kappa shape index (κ2) is 3.13. The first-order valence-corrected chi connectivity index (χ1v) is 3.46. The van der Waals surface area contributed by atoms with Gasteiger partial charge in [0.2, 0.25) is 5.91 Å². The van der Waals surface area contributed by atoms with Crippen LogP contribution < -0.4 is 11.1 Å². The molecule has 0 heterocycles. The van der Waals surface area contributed by atoms with Crippen molar-refractivity contribution in [2.75, 3.05) is 11.1 Å². The quantitative estimate of drug-likeness (QED) is 0.429. The maximum atomic E-state index is 10.6. The fourth-order valence-electron chi connectivity index (χ4n) is 0.852. The van der Waals surface area contributed by atoms with Crippen molar-refractivity contribution in [3.05, 3.63) is 18.2 Å². The van der Waals surface area contributed by atoms with Crippen LogP contribution in [-0.4, -0.2) is 11.0 Å². The van der Waals surface area contributed by atoms with Crippen LogP contribution in [0.15, 0.2) is 18.2 Å². The number of carbonyl (C=O) groups excluding carboxylic acids is 1. The molecule has 0 fully saturated rings. The highest BCUT2D eigenvalue weighted by molar-refractivity contribution is 5.93. The molecule has 4 N–H and O–H groups in total. The molecule has 0 saturated carbocycles. The second-order valence-electron chi connectivity index (χ2n) is 2.42. The third-order valence-corrected chi connectivity index (χ3v) is 1.39. The highest BCUT2D eigenvalue weighted by atomic mass is 16.3. The number of benzene rings is 1. The summed E-state index contributed by atoms with van der Waals surface area (Å²) in [5, 5.41) is 11.6. The Morgan fingerprint density at radius 2 is 2.25 bits per heavy atom. The number of anilines is 2. The van der Waals surface area contributed by atoms with Gasteiger partial charge in [-0.3, -0.25) is 4.79 Å². The molecule has 0 aromatic heterocycles. The van der Waals surface area contributed by atoms with Gasteiger partial charge >= 0.3 is 0 Å². The Labute approximate surface area is 70.0 Å². The number of amides is 1. The van der Waals surface area contributed by atoms with E-state index < -0.39 is 0 Å². The normalized spacial score (nSPS) is 9.42. The van der Waals surface area contributed by atoms with E-state index in [1.165, 1.54) is 13.0 Å². The first kappa shape index (κ1) is 8.39. The summed E-state index contributed by atoms with van der Waals surface area (Å²) in [5.41, 5.74) is 6.09. The monoisotopic (exact) mass is 166 g/mol. The van der Waals surface area contributed by atoms with E-state index in [1.54, 1.807) is 12.1 Å². The largest absolute Gasteiger partial charge is 0.506 e. The summed E-state index contributed by atoms with van der Waals surface area (Å²) in [4.78, 5) is 10.6. The number of carbonyl (C=O) groups is 1. The molecule has 1 amide bonds. The zero-order chi connectivity index (χ0) is 9.14. The van der Waals surface area contributed by atoms with E-state index in [2.05, 4.69) is 5.32 Å². The molecule has 64 valence electrons. The van der Waals surface area contributed by atoms with E-state index in [-0.39, 0.29) is 17.3 Å². The van der Waals surface area contributed by atoms with Crippen molar-refractivity contribution in [1.82, 2.24) is 0 Å². The smallest absolute Gasteiger partial charge is 0.221 e. The Morgan fingerprint density at radius 1 is 1.58 bits per heavy atom. The van der Waals surface area contributed by atoms with Crippen molar-refractivity contribution in [2.45, 2.75) is 6.92 Å². The standard InChI is InChI=1S/C8H10N2O2/c1-5(11)10-6-3-2-4-7(12)8(6)9/h2-4,12H,9H2,1H3,(H,10,11). The van der Waals surface area contributed by atoms with Crippen LogP contribution >= 0.6 is 0 Å². The van der Waals surface area contributed by atoms with Crippen molar-refractivity contribution in [3.8, 4) is 5.75 Å². The van der Waals surface area contributed by atoms with Gasteiger partial charge in [0, 0.05) is 6.92 Å². The summed E-state index contributed by atoms with van der Waals surface area (Å²) in [5.74, 6) is -0.242. The molecule has 4 nitrogen and oxygen atoms in total. The predicted octanol–water partition coefficient (Wildman–Crippen LogP) is 0.933. The van der Waals surface area contributed by atoms with Gasteiger partial charge in [-0.2, -0.15) is 0 Å². The first-order chi connectivity index (χ1) is 5.61. The Bertz CT molecular complexity index is 310. The number of phenolic OH excluding ortho intramolecular Hbond substituents is 1. The highest BCUT2D eigenvalue weighted by Gasteiger charge is 2.03. The Kier molecular flexibility index (Phi) is 2.19. The van der Waals surface area contributed by atoms with Gasteiger partial charge in [0.25, 0.3) is 0 Å². The number of hydrogen-bond donors (Lipinski definition) is 3. The van der Waals surface area contributed by atoms with Gasteiger partial charge in [-0.05, 0) is 12.1 Å². The number of nitrogen functional groups attached to an aromatic ring is 1. The topological polar surface area (TPSA) is 75.3 Å². The van der Waals surface area contributed by atoms with Crippen molar-refractivity contribution >= 4 is 17.3 Å². The molecule has 12 heavy (non-hydrogen) atoms. The number of rotatable bonds is 1. The minimum atomic E-state index is -0.215. The fourth-order valence-corrected chi connectivity index (χ4v) is 0.852. The Balaban J connectivity index is 3.00. The number of aromatic hydroxyl groups is 1. The number of phenols is 1. The van der Waals surface area contributed by atoms with E-state index in [1.807, 2.05) is 0 Å². The molecule has 0 atom stereocenters. The fraction of sp³-hybridized carbons (Fsp3) is 0.125. The lowest BCUT2D eigenvalue weighted by molar-refractivity contribution is -0.114. The highest BCUT2D eigenvalue weighted by Crippen LogP contribution is 2.27. The van der Waals surface area contributed by atoms with E-state index in [0.717, 1.165) is 0 Å². The molecule has 1 aromatic carbocycles. The van der Waals surface area contributed by atoms with Gasteiger partial charge in [-0.15, -0.1) is 0 Å². The van der Waals surface area contributed by atoms with Gasteiger partial charge in [-0.1, -0.05) is 6.07 Å². The summed E-state index contributed by atoms with van der Waals surface area (Å²) < 4.78 is 0. The van der Waals surface area contributed by atoms with E-state index in [0.29, 0.717) is 5.69 Å². The van der Waals surface area contributed by atoms with Crippen LogP contribution in [0.2, 0.25) is 0 Å². The van der Waals surface area contributed by atoms with E-state index in [9.17, 15) is 4.79 Å². The summed E-state index contributed by atoms with van der Waals surface area (Å²) in [6.45, 7) is 1.38. The van der Waals surface area contributed by atoms with Crippen molar-refractivity contribution in [3.63, 3.8) is 0 Å². The van der Waals surface area contributed by atoms with Gasteiger partial charge in [0.1, 0.15) is 5.75 Å². The van der Waals surface area contributed by atoms with E-state index >= 15 is 0 Å². The van der Waals surface area contributed by atoms with Crippen molar-refractivity contribution in [1.29, 1.82) is 0 Å². The van der Waals surface area contributed by atoms with Crippen LogP contribution in [0.25, 0.3) is 0 Å². The molecule has 0 aliphatic heterocycles. The average molecular weight is 166 g/mol. The average Bonchev–Trinajstić information content (AvgIpc) is 1.98. The molecule has 0 aliphatic carbocycles. The lowest BCUT2D eigenvalue weighted by Crippen LogP contribution is -2.07. The Morgan fingerprint density at radius 3 is 2.83 bits per heavy atom. The number of nitrogens with two attached hydrogens (primary N) is 1. The zero-order valence-corrected chi connectivity index (χ0v) is 6.66. The van der Waals surface area contributed by atoms with Crippen LogP contribution in [0.1, 0.15) is 6.92 Å². The van der Waals surface area contributed by atoms with Crippen LogP contribution in [0.3, 0.4) is 0 Å². The van der Waals surface area contributed by atoms with Crippen LogP contribution in [0.5, 0.6) is 5.75 Å². The molecule has 0 spiro atoms. The Hall–Kier alpha value is -1.71. The van der Waals surface area contributed by atoms with Crippen LogP contribution in [0.4, 0.5) is 11.4 Å². The molecular weight excluding hydrogens is 156 g/mol. The summed E-state index contributed by atoms with van der Waals surface area (Å²) in [6.07, 6.45) is 0. The molecular formula is C8H10N2O2. The van der Waals surface area contributed by atoms with Gasteiger partial charge in [0.05, 0.1) is 11.4 Å². The van der Waals surface area contributed by atoms with Crippen LogP contribution in [0, 0.1) is 0 Å². The van der Waals surface area contributed by atoms with Gasteiger partial charge < -0.3 is 16.2 Å². The molecule has 0 bridgehead atoms. The number of nitrogens with one attached hydrogen (secondary N) is 1. The molecule has 1 rings (SSSR count). The summed E-state index contributed by atoms with van der Waals surface area (Å²) >= 11 is 0. The minimum absolute atomic E-state index is 0.0266. The molecule has 0 unspecified atom stereocenters. The number of hydrogen-bond acceptors (Lipinski definition) is 3. The maximum absolute atomic E-state index is 10.6. The zero-order valence-electron chi connectivity index (χ0n) is 6.66. The molecule has 0 radical (unpaired) electrons. The molecule has 1 aromatic rings. The predicted molar refractivity (Wildman–Crippen MR) is 46.8 cm³/mol. The maximum Gasteiger partial charge on any atom is 0.221 e. The summed E-state index contributed by atoms with van der Waals surface area (Å²) in [7, 11) is 0. The van der Waals surface area contributed by atoms with E-state index in [4.69, 9.17) is 10.8 Å². The molecule has 0 aliphatic rings. The first-order valence-electron chi connectivity index (χ1n) is 3.46. The lowest BCUT2D eigenvalue weighted by atomic mass is 10.2. The lowest BCUT2D eigenvalue weighted by Gasteiger charge is -2.06. The third-order valence-electron chi connectivity index (χ3n) is 1.39. The summed E-state index contributed by atoms with van der Waals surface area (Å²) in [6, 6.07) is 4.69. The van der Waals surface area contributed by atoms with Crippen LogP contribution in [-0.2, 0) is 4.79 Å². The van der Waals surface area contributed by atoms with Gasteiger partial charge in [0.15, 0.2) is 0 Å². The van der Waals surface area contributed by atoms with Gasteiger partial charge in [-0.25, -0.2) is 0 Å². The second-order valence-corrected chi connectivity index (χ2v) is 2.42. The van der Waals surface area contributed by atoms with Crippen molar-refractivity contribution in [2.24, 2.45) is 0 Å². The minimum Gasteiger partial charge on any atom is -0.506 e. The van der Waals surface area contributed by atoms with Crippen molar-refractivity contribution < 1.29 is 9.90 Å². The SMILES string of the molecule is CC(=O)Nc1cccc(O)c1N. The third kappa shape index (κ3) is 1.66. The molecule has 4 heteroatoms. The number of para-hydroxylation sites is 1.